The maximum Gasteiger partial charge on any atom is 0.252 e. The van der Waals surface area contributed by atoms with Gasteiger partial charge in [-0.3, -0.25) is 14.9 Å². The van der Waals surface area contributed by atoms with Gasteiger partial charge < -0.3 is 10.1 Å². The summed E-state index contributed by atoms with van der Waals surface area (Å²) in [6.07, 6.45) is 1.33. The Morgan fingerprint density at radius 2 is 2.04 bits per heavy atom. The van der Waals surface area contributed by atoms with E-state index in [-0.39, 0.29) is 24.1 Å². The molecule has 3 rings (SSSR count). The second kappa shape index (κ2) is 8.76. The van der Waals surface area contributed by atoms with Crippen LogP contribution in [0.5, 0.6) is 5.75 Å². The molecule has 3 N–H and O–H groups in total. The molecule has 0 fully saturated rings. The summed E-state index contributed by atoms with van der Waals surface area (Å²) in [5, 5.41) is 9.14. The third kappa shape index (κ3) is 4.91. The SMILES string of the molecule is COc1ccccc1NC(=O)CC1N=C(NN=Cc2ccc(F)cc2)NC1=O. The second-order valence-electron chi connectivity index (χ2n) is 5.86. The van der Waals surface area contributed by atoms with Gasteiger partial charge in [0, 0.05) is 0 Å². The van der Waals surface area contributed by atoms with Crippen molar-refractivity contribution in [3.05, 3.63) is 59.9 Å². The van der Waals surface area contributed by atoms with Crippen LogP contribution < -0.4 is 20.8 Å². The number of benzene rings is 2. The minimum atomic E-state index is -0.863. The number of rotatable bonds is 6. The smallest absolute Gasteiger partial charge is 0.252 e. The minimum Gasteiger partial charge on any atom is -0.495 e. The zero-order valence-corrected chi connectivity index (χ0v) is 15.0. The molecule has 144 valence electrons. The third-order valence-electron chi connectivity index (χ3n) is 3.84. The van der Waals surface area contributed by atoms with Crippen molar-refractivity contribution in [2.75, 3.05) is 12.4 Å². The van der Waals surface area contributed by atoms with Gasteiger partial charge in [0.1, 0.15) is 17.6 Å². The molecule has 2 amide bonds. The van der Waals surface area contributed by atoms with Gasteiger partial charge >= 0.3 is 0 Å². The zero-order valence-electron chi connectivity index (χ0n) is 15.0. The molecule has 0 aliphatic carbocycles. The summed E-state index contributed by atoms with van der Waals surface area (Å²) in [7, 11) is 1.50. The van der Waals surface area contributed by atoms with Crippen molar-refractivity contribution < 1.29 is 18.7 Å². The normalized spacial score (nSPS) is 15.9. The Bertz CT molecular complexity index is 927. The first-order chi connectivity index (χ1) is 13.5. The first-order valence-electron chi connectivity index (χ1n) is 8.41. The molecule has 0 aromatic heterocycles. The standard InChI is InChI=1S/C19H18FN5O3/c1-28-16-5-3-2-4-14(16)22-17(26)10-15-18(27)24-19(23-15)25-21-11-12-6-8-13(20)9-7-12/h2-9,11,15H,10H2,1H3,(H,22,26)(H2,23,24,25,27). The van der Waals surface area contributed by atoms with E-state index in [0.29, 0.717) is 17.0 Å². The van der Waals surface area contributed by atoms with Crippen molar-refractivity contribution in [1.82, 2.24) is 10.7 Å². The number of guanidine groups is 1. The fourth-order valence-electron chi connectivity index (χ4n) is 2.48. The van der Waals surface area contributed by atoms with Crippen LogP contribution in [0.25, 0.3) is 0 Å². The Balaban J connectivity index is 1.55. The van der Waals surface area contributed by atoms with E-state index in [4.69, 9.17) is 4.74 Å². The van der Waals surface area contributed by atoms with Crippen molar-refractivity contribution in [1.29, 1.82) is 0 Å². The molecule has 28 heavy (non-hydrogen) atoms. The van der Waals surface area contributed by atoms with Crippen LogP contribution >= 0.6 is 0 Å². The summed E-state index contributed by atoms with van der Waals surface area (Å²) in [5.41, 5.74) is 3.77. The van der Waals surface area contributed by atoms with E-state index in [1.165, 1.54) is 25.5 Å². The van der Waals surface area contributed by atoms with Crippen molar-refractivity contribution in [3.8, 4) is 5.75 Å². The molecule has 1 aliphatic rings. The van der Waals surface area contributed by atoms with Gasteiger partial charge in [-0.05, 0) is 29.8 Å². The van der Waals surface area contributed by atoms with Crippen LogP contribution in [0.2, 0.25) is 0 Å². The van der Waals surface area contributed by atoms with Crippen LogP contribution in [-0.2, 0) is 9.59 Å². The average molecular weight is 383 g/mol. The van der Waals surface area contributed by atoms with Gasteiger partial charge in [-0.1, -0.05) is 24.3 Å². The Hall–Kier alpha value is -3.75. The zero-order chi connectivity index (χ0) is 19.9. The molecule has 0 spiro atoms. The first kappa shape index (κ1) is 19.0. The van der Waals surface area contributed by atoms with Gasteiger partial charge in [-0.25, -0.2) is 14.8 Å². The van der Waals surface area contributed by atoms with Crippen LogP contribution in [0.3, 0.4) is 0 Å². The van der Waals surface area contributed by atoms with Crippen LogP contribution in [-0.4, -0.2) is 37.1 Å². The summed E-state index contributed by atoms with van der Waals surface area (Å²) in [6, 6.07) is 11.8. The maximum absolute atomic E-state index is 12.9. The van der Waals surface area contributed by atoms with Gasteiger partial charge in [0.05, 0.1) is 25.4 Å². The molecular formula is C19H18FN5O3. The fourth-order valence-corrected chi connectivity index (χ4v) is 2.48. The molecule has 0 radical (unpaired) electrons. The number of aliphatic imine (C=N–C) groups is 1. The summed E-state index contributed by atoms with van der Waals surface area (Å²) >= 11 is 0. The predicted octanol–water partition coefficient (Wildman–Crippen LogP) is 1.64. The molecule has 0 saturated carbocycles. The quantitative estimate of drug-likeness (QED) is 0.521. The molecular weight excluding hydrogens is 365 g/mol. The topological polar surface area (TPSA) is 104 Å². The average Bonchev–Trinajstić information content (AvgIpc) is 3.03. The highest BCUT2D eigenvalue weighted by Crippen LogP contribution is 2.23. The Kier molecular flexibility index (Phi) is 5.95. The van der Waals surface area contributed by atoms with Gasteiger partial charge in [0.25, 0.3) is 5.91 Å². The molecule has 0 bridgehead atoms. The molecule has 0 saturated heterocycles. The monoisotopic (exact) mass is 383 g/mol. The predicted molar refractivity (Wildman–Crippen MR) is 103 cm³/mol. The number of ether oxygens (including phenoxy) is 1. The van der Waals surface area contributed by atoms with E-state index in [1.54, 1.807) is 36.4 Å². The lowest BCUT2D eigenvalue weighted by Gasteiger charge is -2.10. The molecule has 2 aromatic carbocycles. The minimum absolute atomic E-state index is 0.128. The van der Waals surface area contributed by atoms with E-state index in [1.807, 2.05) is 0 Å². The summed E-state index contributed by atoms with van der Waals surface area (Å²) < 4.78 is 18.0. The van der Waals surface area contributed by atoms with Crippen molar-refractivity contribution in [3.63, 3.8) is 0 Å². The van der Waals surface area contributed by atoms with Gasteiger partial charge in [0.2, 0.25) is 11.9 Å². The van der Waals surface area contributed by atoms with Crippen LogP contribution in [0.4, 0.5) is 10.1 Å². The molecule has 9 heteroatoms. The number of carbonyl (C=O) groups is 2. The van der Waals surface area contributed by atoms with Crippen LogP contribution in [0.1, 0.15) is 12.0 Å². The third-order valence-corrected chi connectivity index (χ3v) is 3.84. The highest BCUT2D eigenvalue weighted by Gasteiger charge is 2.28. The first-order valence-corrected chi connectivity index (χ1v) is 8.41. The van der Waals surface area contributed by atoms with Crippen molar-refractivity contribution in [2.45, 2.75) is 12.5 Å². The molecule has 1 unspecified atom stereocenters. The van der Waals surface area contributed by atoms with E-state index in [2.05, 4.69) is 26.2 Å². The maximum atomic E-state index is 12.9. The van der Waals surface area contributed by atoms with E-state index in [0.717, 1.165) is 0 Å². The van der Waals surface area contributed by atoms with Crippen LogP contribution in [0.15, 0.2) is 58.6 Å². The number of methoxy groups -OCH3 is 1. The Morgan fingerprint density at radius 3 is 2.79 bits per heavy atom. The number of carbonyl (C=O) groups excluding carboxylic acids is 2. The summed E-state index contributed by atoms with van der Waals surface area (Å²) in [5.74, 6) is -0.461. The molecule has 1 aliphatic heterocycles. The molecule has 1 heterocycles. The number of nitrogens with zero attached hydrogens (tertiary/aromatic N) is 2. The Labute approximate surface area is 160 Å². The van der Waals surface area contributed by atoms with Gasteiger partial charge in [-0.2, -0.15) is 5.10 Å². The lowest BCUT2D eigenvalue weighted by atomic mass is 10.2. The highest BCUT2D eigenvalue weighted by molar-refractivity contribution is 6.07. The second-order valence-corrected chi connectivity index (χ2v) is 5.86. The van der Waals surface area contributed by atoms with Gasteiger partial charge in [0.15, 0.2) is 0 Å². The number of nitrogens with one attached hydrogen (secondary N) is 3. The van der Waals surface area contributed by atoms with Crippen LogP contribution in [0, 0.1) is 5.82 Å². The van der Waals surface area contributed by atoms with Crippen molar-refractivity contribution in [2.24, 2.45) is 10.1 Å². The number of hydrogen-bond donors (Lipinski definition) is 3. The lowest BCUT2D eigenvalue weighted by molar-refractivity contribution is -0.123. The number of hydrazone groups is 1. The lowest BCUT2D eigenvalue weighted by Crippen LogP contribution is -2.35. The fraction of sp³-hybridized carbons (Fsp3) is 0.158. The number of amides is 2. The van der Waals surface area contributed by atoms with Gasteiger partial charge in [-0.15, -0.1) is 0 Å². The number of halogens is 1. The Morgan fingerprint density at radius 1 is 1.29 bits per heavy atom. The van der Waals surface area contributed by atoms with E-state index in [9.17, 15) is 14.0 Å². The largest absolute Gasteiger partial charge is 0.495 e. The molecule has 8 nitrogen and oxygen atoms in total. The highest BCUT2D eigenvalue weighted by atomic mass is 19.1. The number of para-hydroxylation sites is 2. The summed E-state index contributed by atoms with van der Waals surface area (Å²) in [6.45, 7) is 0. The van der Waals surface area contributed by atoms with Crippen molar-refractivity contribution >= 4 is 29.7 Å². The number of hydrogen-bond acceptors (Lipinski definition) is 6. The number of anilines is 1. The van der Waals surface area contributed by atoms with E-state index < -0.39 is 11.9 Å². The summed E-state index contributed by atoms with van der Waals surface area (Å²) in [4.78, 5) is 28.3. The molecule has 2 aromatic rings. The van der Waals surface area contributed by atoms with E-state index >= 15 is 0 Å². The molecule has 1 atom stereocenters.